The van der Waals surface area contributed by atoms with Gasteiger partial charge in [0.05, 0.1) is 33.5 Å². The van der Waals surface area contributed by atoms with Crippen LogP contribution < -0.4 is 9.64 Å². The molecule has 1 saturated carbocycles. The minimum absolute atomic E-state index is 0.0295. The van der Waals surface area contributed by atoms with Gasteiger partial charge in [0.1, 0.15) is 11.2 Å². The molecule has 3 fully saturated rings. The molecule has 13 nitrogen and oxygen atoms in total. The number of rotatable bonds is 7. The number of fused-ring (bicyclic) bond motifs is 6. The number of anilines is 1. The molecule has 11 atom stereocenters. The van der Waals surface area contributed by atoms with Gasteiger partial charge in [-0.3, -0.25) is 14.5 Å². The first-order valence-corrected chi connectivity index (χ1v) is 21.3. The molecule has 13 heteroatoms. The lowest BCUT2D eigenvalue weighted by atomic mass is 9.47. The van der Waals surface area contributed by atoms with Crippen LogP contribution in [0.25, 0.3) is 10.9 Å². The van der Waals surface area contributed by atoms with Crippen molar-refractivity contribution >= 4 is 34.5 Å². The van der Waals surface area contributed by atoms with E-state index in [-0.39, 0.29) is 24.3 Å². The lowest BCUT2D eigenvalue weighted by Crippen LogP contribution is -2.81. The quantitative estimate of drug-likeness (QED) is 0.181. The van der Waals surface area contributed by atoms with Crippen molar-refractivity contribution in [1.82, 2.24) is 14.8 Å². The Labute approximate surface area is 345 Å². The Morgan fingerprint density at radius 1 is 0.983 bits per heavy atom. The van der Waals surface area contributed by atoms with E-state index in [0.29, 0.717) is 50.2 Å². The number of aliphatic hydroxyl groups excluding tert-OH is 1. The van der Waals surface area contributed by atoms with Crippen LogP contribution in [0.4, 0.5) is 5.69 Å². The maximum atomic E-state index is 15.3. The highest BCUT2D eigenvalue weighted by Gasteiger charge is 2.80. The summed E-state index contributed by atoms with van der Waals surface area (Å²) < 4.78 is 23.9. The van der Waals surface area contributed by atoms with Gasteiger partial charge in [0, 0.05) is 90.9 Å². The molecule has 1 aromatic heterocycles. The summed E-state index contributed by atoms with van der Waals surface area (Å²) in [5.74, 6) is -1.78. The number of hydrogen-bond acceptors (Lipinski definition) is 12. The van der Waals surface area contributed by atoms with Crippen molar-refractivity contribution in [3.05, 3.63) is 70.9 Å². The predicted molar refractivity (Wildman–Crippen MR) is 220 cm³/mol. The number of aromatic amines is 1. The van der Waals surface area contributed by atoms with E-state index in [1.54, 1.807) is 7.11 Å². The zero-order valence-electron chi connectivity index (χ0n) is 35.2. The van der Waals surface area contributed by atoms with Crippen LogP contribution in [-0.2, 0) is 45.8 Å². The Kier molecular flexibility index (Phi) is 9.54. The number of methoxy groups -OCH3 is 3. The number of aromatic nitrogens is 1. The first-order chi connectivity index (χ1) is 28.3. The molecule has 316 valence electrons. The monoisotopic (exact) mass is 810 g/mol. The SMILES string of the molecule is CC[C@@H]1CN2CCc3c([nH]c4ccccc34)[C@@](C(=O)OC)(c3cc4c(cc3OC)N(C)[C@H]3[C@@](O)(C(=O)OC)[C@H](OC(C)=O)[C@]5(CC)C=CCN6CC[C@]43[C@@H]65)C[C@@H](C2)[C@H]1O. The van der Waals surface area contributed by atoms with Gasteiger partial charge >= 0.3 is 17.9 Å². The van der Waals surface area contributed by atoms with Crippen LogP contribution >= 0.6 is 0 Å². The molecule has 2 saturated heterocycles. The summed E-state index contributed by atoms with van der Waals surface area (Å²) in [7, 11) is 6.13. The molecule has 3 aromatic rings. The van der Waals surface area contributed by atoms with Crippen LogP contribution in [0, 0.1) is 17.3 Å². The normalized spacial score (nSPS) is 37.0. The van der Waals surface area contributed by atoms with Gasteiger partial charge in [-0.25, -0.2) is 4.79 Å². The van der Waals surface area contributed by atoms with Crippen LogP contribution in [0.3, 0.4) is 0 Å². The van der Waals surface area contributed by atoms with Gasteiger partial charge in [0.2, 0.25) is 5.60 Å². The Morgan fingerprint density at radius 2 is 1.75 bits per heavy atom. The zero-order valence-corrected chi connectivity index (χ0v) is 35.2. The molecular formula is C46H58N4O9. The third-order valence-corrected chi connectivity index (χ3v) is 15.7. The lowest BCUT2D eigenvalue weighted by Gasteiger charge is -2.63. The summed E-state index contributed by atoms with van der Waals surface area (Å²) >= 11 is 0. The molecule has 2 bridgehead atoms. The van der Waals surface area contributed by atoms with Gasteiger partial charge in [-0.15, -0.1) is 0 Å². The van der Waals surface area contributed by atoms with Crippen LogP contribution in [0.1, 0.15) is 68.8 Å². The number of piperidine rings is 1. The molecule has 1 spiro atoms. The number of likely N-dealkylation sites (N-methyl/N-ethyl adjacent to an activating group) is 1. The third-order valence-electron chi connectivity index (χ3n) is 15.7. The molecule has 1 unspecified atom stereocenters. The molecule has 2 aromatic carbocycles. The van der Waals surface area contributed by atoms with Crippen molar-refractivity contribution < 1.29 is 43.5 Å². The highest BCUT2D eigenvalue weighted by molar-refractivity contribution is 5.95. The maximum Gasteiger partial charge on any atom is 0.344 e. The van der Waals surface area contributed by atoms with Gasteiger partial charge in [-0.05, 0) is 73.7 Å². The molecule has 6 heterocycles. The lowest BCUT2D eigenvalue weighted by molar-refractivity contribution is -0.228. The van der Waals surface area contributed by atoms with E-state index in [2.05, 4.69) is 39.9 Å². The summed E-state index contributed by atoms with van der Waals surface area (Å²) in [6.07, 6.45) is 4.91. The number of nitrogens with one attached hydrogen (secondary N) is 1. The van der Waals surface area contributed by atoms with Gasteiger partial charge in [-0.2, -0.15) is 0 Å². The van der Waals surface area contributed by atoms with E-state index < -0.39 is 58.0 Å². The van der Waals surface area contributed by atoms with Gasteiger partial charge in [0.15, 0.2) is 6.10 Å². The fourth-order valence-corrected chi connectivity index (χ4v) is 13.5. The molecule has 0 radical (unpaired) electrons. The van der Waals surface area contributed by atoms with Crippen molar-refractivity contribution in [3.8, 4) is 5.75 Å². The van der Waals surface area contributed by atoms with E-state index >= 15 is 4.79 Å². The Morgan fingerprint density at radius 3 is 2.44 bits per heavy atom. The molecule has 5 aliphatic heterocycles. The summed E-state index contributed by atoms with van der Waals surface area (Å²) in [4.78, 5) is 53.2. The number of carbonyl (C=O) groups excluding carboxylic acids is 3. The standard InChI is InChI=1S/C46H58N4O9/c1-8-27-24-49-19-15-30-29-13-10-11-14-33(29)47-37(30)45(41(53)57-6,23-28(25-49)36(27)52)32-21-31-34(22-35(32)56-5)48(4)39-44(31)17-20-50-18-12-16-43(9-2,38(44)50)40(59-26(3)51)46(39,55)42(54)58-7/h10-14,16,21-22,27-28,36,38-40,47,52,55H,8-9,15,17-20,23-25H2,1-7H3/t27-,28+,36+,38+,39-,40-,43-,44-,45+,46+/m1/s1. The minimum atomic E-state index is -2.31. The predicted octanol–water partition coefficient (Wildman–Crippen LogP) is 3.85. The number of ether oxygens (including phenoxy) is 4. The summed E-state index contributed by atoms with van der Waals surface area (Å²) in [6.45, 7) is 8.89. The topological polar surface area (TPSA) is 154 Å². The molecule has 9 rings (SSSR count). The Hall–Kier alpha value is -4.43. The van der Waals surface area contributed by atoms with Crippen LogP contribution in [0.5, 0.6) is 5.75 Å². The van der Waals surface area contributed by atoms with Crippen LogP contribution in [-0.4, -0.2) is 134 Å². The summed E-state index contributed by atoms with van der Waals surface area (Å²) in [6, 6.07) is 10.9. The van der Waals surface area contributed by atoms with E-state index in [1.165, 1.54) is 21.1 Å². The minimum Gasteiger partial charge on any atom is -0.496 e. The first-order valence-electron chi connectivity index (χ1n) is 21.3. The number of para-hydroxylation sites is 1. The van der Waals surface area contributed by atoms with Crippen molar-refractivity contribution in [2.45, 2.75) is 93.6 Å². The third kappa shape index (κ3) is 5.13. The van der Waals surface area contributed by atoms with Crippen molar-refractivity contribution in [2.24, 2.45) is 17.3 Å². The first kappa shape index (κ1) is 40.0. The number of benzene rings is 2. The second-order valence-electron chi connectivity index (χ2n) is 18.0. The average Bonchev–Trinajstić information content (AvgIpc) is 3.91. The fourth-order valence-electron chi connectivity index (χ4n) is 13.5. The number of nitrogens with zero attached hydrogens (tertiary/aromatic N) is 3. The second kappa shape index (κ2) is 14.1. The molecule has 1 aliphatic carbocycles. The zero-order chi connectivity index (χ0) is 41.8. The molecule has 59 heavy (non-hydrogen) atoms. The van der Waals surface area contributed by atoms with Crippen LogP contribution in [0.2, 0.25) is 0 Å². The second-order valence-corrected chi connectivity index (χ2v) is 18.0. The van der Waals surface area contributed by atoms with Crippen LogP contribution in [0.15, 0.2) is 48.6 Å². The number of aliphatic hydroxyl groups is 2. The Balaban J connectivity index is 1.37. The fraction of sp³-hybridized carbons (Fsp3) is 0.587. The van der Waals surface area contributed by atoms with Gasteiger partial charge in [0.25, 0.3) is 0 Å². The molecular weight excluding hydrogens is 753 g/mol. The highest BCUT2D eigenvalue weighted by atomic mass is 16.6. The molecule has 6 aliphatic rings. The van der Waals surface area contributed by atoms with E-state index in [4.69, 9.17) is 18.9 Å². The molecule has 0 amide bonds. The van der Waals surface area contributed by atoms with Gasteiger partial charge < -0.3 is 43.9 Å². The number of carbonyl (C=O) groups is 3. The Bertz CT molecular complexity index is 2240. The molecule has 3 N–H and O–H groups in total. The summed E-state index contributed by atoms with van der Waals surface area (Å²) in [5.41, 5.74) is -0.857. The number of hydrogen-bond donors (Lipinski definition) is 3. The number of esters is 3. The van der Waals surface area contributed by atoms with Crippen molar-refractivity contribution in [3.63, 3.8) is 0 Å². The summed E-state index contributed by atoms with van der Waals surface area (Å²) in [5, 5.41) is 26.5. The number of H-pyrrole nitrogens is 1. The largest absolute Gasteiger partial charge is 0.496 e. The van der Waals surface area contributed by atoms with Crippen molar-refractivity contribution in [1.29, 1.82) is 0 Å². The highest BCUT2D eigenvalue weighted by Crippen LogP contribution is 2.68. The van der Waals surface area contributed by atoms with Gasteiger partial charge in [-0.1, -0.05) is 44.2 Å². The smallest absolute Gasteiger partial charge is 0.344 e. The maximum absolute atomic E-state index is 15.3. The average molecular weight is 811 g/mol. The van der Waals surface area contributed by atoms with Crippen molar-refractivity contribution in [2.75, 3.05) is 66.0 Å². The van der Waals surface area contributed by atoms with E-state index in [9.17, 15) is 19.8 Å². The van der Waals surface area contributed by atoms with E-state index in [0.717, 1.165) is 52.9 Å². The van der Waals surface area contributed by atoms with E-state index in [1.807, 2.05) is 49.2 Å².